The summed E-state index contributed by atoms with van der Waals surface area (Å²) in [5.74, 6) is -1.38. The van der Waals surface area contributed by atoms with Crippen LogP contribution in [0.2, 0.25) is 0 Å². The van der Waals surface area contributed by atoms with E-state index < -0.39 is 24.6 Å². The Morgan fingerprint density at radius 3 is 2.61 bits per heavy atom. The highest BCUT2D eigenvalue weighted by atomic mass is 19.4. The number of halogens is 3. The van der Waals surface area contributed by atoms with Gasteiger partial charge in [-0.2, -0.15) is 13.2 Å². The molecule has 2 N–H and O–H groups in total. The summed E-state index contributed by atoms with van der Waals surface area (Å²) >= 11 is 0. The summed E-state index contributed by atoms with van der Waals surface area (Å²) in [4.78, 5) is 18.2. The van der Waals surface area contributed by atoms with Crippen LogP contribution in [0.3, 0.4) is 0 Å². The minimum absolute atomic E-state index is 0.121. The highest BCUT2D eigenvalue weighted by molar-refractivity contribution is 5.85. The first-order chi connectivity index (χ1) is 8.17. The smallest absolute Gasteiger partial charge is 0.391 e. The average Bonchev–Trinajstić information content (AvgIpc) is 2.12. The van der Waals surface area contributed by atoms with Crippen molar-refractivity contribution in [1.82, 2.24) is 9.97 Å². The largest absolute Gasteiger partial charge is 0.477 e. The molecular formula is C10H12F3N3O2. The summed E-state index contributed by atoms with van der Waals surface area (Å²) in [6.07, 6.45) is -5.35. The van der Waals surface area contributed by atoms with Crippen molar-refractivity contribution in [2.75, 3.05) is 5.32 Å². The standard InChI is InChI=1S/C10H12F3N3O2/c1-5-3-7(8(17)18)16-9(14-5)15-6(2)4-10(11,12)13/h3,6H,4H2,1-2H3,(H,17,18)(H,14,15,16). The molecular weight excluding hydrogens is 251 g/mol. The SMILES string of the molecule is Cc1cc(C(=O)O)nc(NC(C)CC(F)(F)F)n1. The number of nitrogens with zero attached hydrogens (tertiary/aromatic N) is 2. The van der Waals surface area contributed by atoms with E-state index in [0.29, 0.717) is 5.69 Å². The van der Waals surface area contributed by atoms with E-state index in [4.69, 9.17) is 5.11 Å². The second-order valence-corrected chi connectivity index (χ2v) is 3.89. The van der Waals surface area contributed by atoms with Crippen LogP contribution in [-0.4, -0.2) is 33.3 Å². The predicted molar refractivity (Wildman–Crippen MR) is 57.5 cm³/mol. The lowest BCUT2D eigenvalue weighted by Crippen LogP contribution is -2.25. The maximum Gasteiger partial charge on any atom is 0.391 e. The van der Waals surface area contributed by atoms with E-state index in [0.717, 1.165) is 0 Å². The number of nitrogens with one attached hydrogen (secondary N) is 1. The quantitative estimate of drug-likeness (QED) is 0.871. The van der Waals surface area contributed by atoms with Crippen LogP contribution in [0, 0.1) is 6.92 Å². The van der Waals surface area contributed by atoms with Gasteiger partial charge in [-0.3, -0.25) is 0 Å². The second kappa shape index (κ2) is 5.19. The van der Waals surface area contributed by atoms with Crippen LogP contribution >= 0.6 is 0 Å². The third-order valence-corrected chi connectivity index (χ3v) is 1.99. The number of carbonyl (C=O) groups is 1. The molecule has 0 spiro atoms. The summed E-state index contributed by atoms with van der Waals surface area (Å²) in [5, 5.41) is 11.2. The Balaban J connectivity index is 2.81. The number of aryl methyl sites for hydroxylation is 1. The van der Waals surface area contributed by atoms with Crippen LogP contribution in [0.1, 0.15) is 29.5 Å². The molecule has 100 valence electrons. The second-order valence-electron chi connectivity index (χ2n) is 3.89. The van der Waals surface area contributed by atoms with Crippen molar-refractivity contribution >= 4 is 11.9 Å². The number of carboxylic acid groups (broad SMARTS) is 1. The van der Waals surface area contributed by atoms with E-state index in [1.807, 2.05) is 0 Å². The molecule has 1 atom stereocenters. The van der Waals surface area contributed by atoms with Gasteiger partial charge in [0.2, 0.25) is 5.95 Å². The zero-order chi connectivity index (χ0) is 13.9. The Bertz CT molecular complexity index is 448. The van der Waals surface area contributed by atoms with Crippen LogP contribution in [0.5, 0.6) is 0 Å². The van der Waals surface area contributed by atoms with Gasteiger partial charge in [-0.1, -0.05) is 0 Å². The van der Waals surface area contributed by atoms with E-state index in [-0.39, 0.29) is 11.6 Å². The Kier molecular flexibility index (Phi) is 4.10. The molecule has 0 aliphatic heterocycles. The fraction of sp³-hybridized carbons (Fsp3) is 0.500. The lowest BCUT2D eigenvalue weighted by Gasteiger charge is -2.16. The topological polar surface area (TPSA) is 75.1 Å². The molecule has 18 heavy (non-hydrogen) atoms. The van der Waals surface area contributed by atoms with E-state index in [2.05, 4.69) is 15.3 Å². The van der Waals surface area contributed by atoms with Gasteiger partial charge in [0.25, 0.3) is 0 Å². The van der Waals surface area contributed by atoms with Gasteiger partial charge in [-0.25, -0.2) is 14.8 Å². The third kappa shape index (κ3) is 4.56. The molecule has 0 aliphatic rings. The van der Waals surface area contributed by atoms with Crippen molar-refractivity contribution in [3.8, 4) is 0 Å². The van der Waals surface area contributed by atoms with Crippen molar-refractivity contribution < 1.29 is 23.1 Å². The van der Waals surface area contributed by atoms with Crippen molar-refractivity contribution in [3.63, 3.8) is 0 Å². The van der Waals surface area contributed by atoms with Crippen LogP contribution in [0.25, 0.3) is 0 Å². The van der Waals surface area contributed by atoms with Gasteiger partial charge in [0.1, 0.15) is 0 Å². The molecule has 0 bridgehead atoms. The van der Waals surface area contributed by atoms with Crippen molar-refractivity contribution in [2.24, 2.45) is 0 Å². The molecule has 5 nitrogen and oxygen atoms in total. The van der Waals surface area contributed by atoms with Gasteiger partial charge in [0.05, 0.1) is 6.42 Å². The van der Waals surface area contributed by atoms with Crippen molar-refractivity contribution in [3.05, 3.63) is 17.5 Å². The number of aromatic carboxylic acids is 1. The number of anilines is 1. The van der Waals surface area contributed by atoms with E-state index in [9.17, 15) is 18.0 Å². The van der Waals surface area contributed by atoms with Crippen molar-refractivity contribution in [1.29, 1.82) is 0 Å². The molecule has 1 aromatic heterocycles. The van der Waals surface area contributed by atoms with Gasteiger partial charge in [-0.15, -0.1) is 0 Å². The van der Waals surface area contributed by atoms with Gasteiger partial charge < -0.3 is 10.4 Å². The maximum absolute atomic E-state index is 12.1. The van der Waals surface area contributed by atoms with E-state index in [1.165, 1.54) is 19.9 Å². The molecule has 1 aromatic rings. The first-order valence-corrected chi connectivity index (χ1v) is 5.09. The summed E-state index contributed by atoms with van der Waals surface area (Å²) < 4.78 is 36.4. The maximum atomic E-state index is 12.1. The monoisotopic (exact) mass is 263 g/mol. The fourth-order valence-corrected chi connectivity index (χ4v) is 1.36. The molecule has 1 heterocycles. The van der Waals surface area contributed by atoms with Crippen molar-refractivity contribution in [2.45, 2.75) is 32.5 Å². The zero-order valence-corrected chi connectivity index (χ0v) is 9.75. The molecule has 0 fully saturated rings. The molecule has 0 aromatic carbocycles. The average molecular weight is 263 g/mol. The Hall–Kier alpha value is -1.86. The molecule has 0 amide bonds. The molecule has 0 aliphatic carbocycles. The Morgan fingerprint density at radius 1 is 1.50 bits per heavy atom. The fourth-order valence-electron chi connectivity index (χ4n) is 1.36. The number of hydrogen-bond acceptors (Lipinski definition) is 4. The predicted octanol–water partition coefficient (Wildman–Crippen LogP) is 2.24. The minimum atomic E-state index is -4.30. The van der Waals surface area contributed by atoms with Gasteiger partial charge >= 0.3 is 12.1 Å². The Morgan fingerprint density at radius 2 is 2.11 bits per heavy atom. The van der Waals surface area contributed by atoms with Crippen LogP contribution < -0.4 is 5.32 Å². The number of rotatable bonds is 4. The van der Waals surface area contributed by atoms with E-state index >= 15 is 0 Å². The third-order valence-electron chi connectivity index (χ3n) is 1.99. The molecule has 0 saturated carbocycles. The molecule has 0 radical (unpaired) electrons. The lowest BCUT2D eigenvalue weighted by molar-refractivity contribution is -0.136. The molecule has 0 saturated heterocycles. The Labute approximate surface area is 101 Å². The van der Waals surface area contributed by atoms with Crippen LogP contribution in [0.15, 0.2) is 6.07 Å². The van der Waals surface area contributed by atoms with Crippen LogP contribution in [-0.2, 0) is 0 Å². The zero-order valence-electron chi connectivity index (χ0n) is 9.75. The van der Waals surface area contributed by atoms with Gasteiger partial charge in [0, 0.05) is 11.7 Å². The molecule has 1 unspecified atom stereocenters. The number of carboxylic acids is 1. The van der Waals surface area contributed by atoms with E-state index in [1.54, 1.807) is 0 Å². The number of hydrogen-bond donors (Lipinski definition) is 2. The molecule has 8 heteroatoms. The highest BCUT2D eigenvalue weighted by Crippen LogP contribution is 2.22. The normalized spacial score (nSPS) is 13.2. The lowest BCUT2D eigenvalue weighted by atomic mass is 10.2. The molecule has 1 rings (SSSR count). The number of aromatic nitrogens is 2. The summed E-state index contributed by atoms with van der Waals surface area (Å²) in [7, 11) is 0. The summed E-state index contributed by atoms with van der Waals surface area (Å²) in [5.41, 5.74) is 0.105. The highest BCUT2D eigenvalue weighted by Gasteiger charge is 2.30. The van der Waals surface area contributed by atoms with Crippen LogP contribution in [0.4, 0.5) is 19.1 Å². The first-order valence-electron chi connectivity index (χ1n) is 5.09. The van der Waals surface area contributed by atoms with Gasteiger partial charge in [0.15, 0.2) is 5.69 Å². The first kappa shape index (κ1) is 14.2. The summed E-state index contributed by atoms with van der Waals surface area (Å²) in [6, 6.07) is 0.301. The number of alkyl halides is 3. The summed E-state index contributed by atoms with van der Waals surface area (Å²) in [6.45, 7) is 2.85. The van der Waals surface area contributed by atoms with Gasteiger partial charge in [-0.05, 0) is 19.9 Å². The minimum Gasteiger partial charge on any atom is -0.477 e.